The molecular weight excluding hydrogens is 351 g/mol. The van der Waals surface area contributed by atoms with Crippen LogP contribution in [-0.2, 0) is 6.54 Å². The Hall–Kier alpha value is -2.51. The number of halogens is 1. The van der Waals surface area contributed by atoms with Crippen molar-refractivity contribution in [3.63, 3.8) is 0 Å². The Bertz CT molecular complexity index is 885. The van der Waals surface area contributed by atoms with Gasteiger partial charge in [-0.2, -0.15) is 5.10 Å². The molecular formula is C19H19FN4OS. The number of benzene rings is 1. The summed E-state index contributed by atoms with van der Waals surface area (Å²) in [6, 6.07) is 12.6. The first-order valence-electron chi connectivity index (χ1n) is 8.55. The monoisotopic (exact) mass is 370 g/mol. The number of nitrogens with one attached hydrogen (secondary N) is 1. The van der Waals surface area contributed by atoms with Crippen molar-refractivity contribution < 1.29 is 9.18 Å². The van der Waals surface area contributed by atoms with Crippen LogP contribution in [0.25, 0.3) is 10.6 Å². The number of aromatic nitrogens is 2. The van der Waals surface area contributed by atoms with Crippen LogP contribution in [0.2, 0.25) is 0 Å². The maximum absolute atomic E-state index is 13.8. The summed E-state index contributed by atoms with van der Waals surface area (Å²) in [5.74, 6) is -0.238. The van der Waals surface area contributed by atoms with Crippen LogP contribution in [0.5, 0.6) is 0 Å². The van der Waals surface area contributed by atoms with Crippen molar-refractivity contribution in [1.29, 1.82) is 0 Å². The smallest absolute Gasteiger partial charge is 0.274 e. The highest BCUT2D eigenvalue weighted by atomic mass is 32.1. The van der Waals surface area contributed by atoms with E-state index in [0.29, 0.717) is 30.9 Å². The van der Waals surface area contributed by atoms with Gasteiger partial charge in [-0.15, -0.1) is 11.3 Å². The number of hydrogen-bond acceptors (Lipinski definition) is 4. The van der Waals surface area contributed by atoms with Gasteiger partial charge in [-0.25, -0.2) is 4.39 Å². The summed E-state index contributed by atoms with van der Waals surface area (Å²) < 4.78 is 13.8. The number of nitrogens with zero attached hydrogens (tertiary/aromatic N) is 3. The van der Waals surface area contributed by atoms with Gasteiger partial charge in [0.1, 0.15) is 5.82 Å². The molecule has 0 saturated carbocycles. The number of thiophene rings is 1. The molecule has 3 heterocycles. The average molecular weight is 370 g/mol. The molecule has 1 amide bonds. The number of hydrogen-bond donors (Lipinski definition) is 1. The number of aromatic amines is 1. The Balaban J connectivity index is 1.36. The van der Waals surface area contributed by atoms with Crippen molar-refractivity contribution >= 4 is 17.2 Å². The molecule has 0 unspecified atom stereocenters. The molecule has 26 heavy (non-hydrogen) atoms. The normalized spacial score (nSPS) is 15.3. The van der Waals surface area contributed by atoms with Crippen LogP contribution in [0.1, 0.15) is 16.1 Å². The van der Waals surface area contributed by atoms with E-state index >= 15 is 0 Å². The van der Waals surface area contributed by atoms with E-state index in [-0.39, 0.29) is 11.7 Å². The zero-order valence-electron chi connectivity index (χ0n) is 14.2. The zero-order valence-corrected chi connectivity index (χ0v) is 15.0. The van der Waals surface area contributed by atoms with E-state index in [1.54, 1.807) is 23.5 Å². The minimum atomic E-state index is -0.177. The lowest BCUT2D eigenvalue weighted by molar-refractivity contribution is 0.0621. The Morgan fingerprint density at radius 3 is 2.69 bits per heavy atom. The fraction of sp³-hybridized carbons (Fsp3) is 0.263. The summed E-state index contributed by atoms with van der Waals surface area (Å²) in [6.07, 6.45) is 0. The predicted molar refractivity (Wildman–Crippen MR) is 99.5 cm³/mol. The van der Waals surface area contributed by atoms with E-state index in [1.165, 1.54) is 6.07 Å². The number of rotatable bonds is 4. The molecule has 5 nitrogen and oxygen atoms in total. The standard InChI is InChI=1S/C19H19FN4OS/c20-15-5-2-1-4-14(15)13-23-7-9-24(10-8-23)19(25)17-12-16(21-22-17)18-6-3-11-26-18/h1-6,11-12H,7-10,13H2,(H,21,22). The average Bonchev–Trinajstić information content (AvgIpc) is 3.35. The quantitative estimate of drug-likeness (QED) is 0.767. The molecule has 0 spiro atoms. The fourth-order valence-electron chi connectivity index (χ4n) is 3.13. The van der Waals surface area contributed by atoms with Crippen LogP contribution in [0, 0.1) is 5.82 Å². The lowest BCUT2D eigenvalue weighted by atomic mass is 10.2. The SMILES string of the molecule is O=C(c1cc(-c2cccs2)[nH]n1)N1CCN(Cc2ccccc2F)CC1. The fourth-order valence-corrected chi connectivity index (χ4v) is 3.82. The van der Waals surface area contributed by atoms with Gasteiger partial charge in [-0.1, -0.05) is 24.3 Å². The minimum Gasteiger partial charge on any atom is -0.335 e. The highest BCUT2D eigenvalue weighted by Crippen LogP contribution is 2.23. The number of piperazine rings is 1. The van der Waals surface area contributed by atoms with E-state index in [4.69, 9.17) is 0 Å². The van der Waals surface area contributed by atoms with Crippen LogP contribution < -0.4 is 0 Å². The molecule has 0 atom stereocenters. The molecule has 134 valence electrons. The van der Waals surface area contributed by atoms with Gasteiger partial charge in [0.2, 0.25) is 0 Å². The first kappa shape index (κ1) is 16.9. The van der Waals surface area contributed by atoms with E-state index in [1.807, 2.05) is 34.5 Å². The molecule has 0 bridgehead atoms. The van der Waals surface area contributed by atoms with Gasteiger partial charge in [0.25, 0.3) is 5.91 Å². The molecule has 1 aromatic carbocycles. The Morgan fingerprint density at radius 2 is 1.96 bits per heavy atom. The van der Waals surface area contributed by atoms with Crippen LogP contribution in [0.15, 0.2) is 47.8 Å². The van der Waals surface area contributed by atoms with E-state index in [2.05, 4.69) is 15.1 Å². The molecule has 0 aliphatic carbocycles. The van der Waals surface area contributed by atoms with Crippen molar-refractivity contribution in [2.24, 2.45) is 0 Å². The van der Waals surface area contributed by atoms with Gasteiger partial charge >= 0.3 is 0 Å². The lowest BCUT2D eigenvalue weighted by Crippen LogP contribution is -2.48. The second-order valence-corrected chi connectivity index (χ2v) is 7.25. The summed E-state index contributed by atoms with van der Waals surface area (Å²) in [4.78, 5) is 17.7. The first-order chi connectivity index (χ1) is 12.7. The van der Waals surface area contributed by atoms with Crippen molar-refractivity contribution in [1.82, 2.24) is 20.0 Å². The highest BCUT2D eigenvalue weighted by molar-refractivity contribution is 7.13. The van der Waals surface area contributed by atoms with Gasteiger partial charge in [0.15, 0.2) is 5.69 Å². The maximum Gasteiger partial charge on any atom is 0.274 e. The van der Waals surface area contributed by atoms with Gasteiger partial charge < -0.3 is 4.90 Å². The molecule has 4 rings (SSSR count). The first-order valence-corrected chi connectivity index (χ1v) is 9.43. The van der Waals surface area contributed by atoms with Crippen molar-refractivity contribution in [3.8, 4) is 10.6 Å². The second-order valence-electron chi connectivity index (χ2n) is 6.30. The molecule has 1 aliphatic heterocycles. The van der Waals surface area contributed by atoms with Gasteiger partial charge in [-0.3, -0.25) is 14.8 Å². The summed E-state index contributed by atoms with van der Waals surface area (Å²) in [5.41, 5.74) is 2.00. The van der Waals surface area contributed by atoms with Crippen LogP contribution in [0.3, 0.4) is 0 Å². The summed E-state index contributed by atoms with van der Waals surface area (Å²) in [6.45, 7) is 3.26. The van der Waals surface area contributed by atoms with Crippen LogP contribution in [-0.4, -0.2) is 52.1 Å². The molecule has 3 aromatic rings. The Labute approximate surface area is 155 Å². The van der Waals surface area contributed by atoms with Crippen LogP contribution in [0.4, 0.5) is 4.39 Å². The molecule has 2 aromatic heterocycles. The molecule has 0 radical (unpaired) electrons. The summed E-state index contributed by atoms with van der Waals surface area (Å²) >= 11 is 1.61. The summed E-state index contributed by atoms with van der Waals surface area (Å²) in [7, 11) is 0. The van der Waals surface area contributed by atoms with E-state index in [0.717, 1.165) is 23.7 Å². The third-order valence-electron chi connectivity index (χ3n) is 4.59. The third kappa shape index (κ3) is 3.54. The molecule has 1 fully saturated rings. The number of H-pyrrole nitrogens is 1. The predicted octanol–water partition coefficient (Wildman–Crippen LogP) is 3.24. The Kier molecular flexibility index (Phi) is 4.81. The van der Waals surface area contributed by atoms with Gasteiger partial charge in [0.05, 0.1) is 10.6 Å². The molecule has 1 saturated heterocycles. The maximum atomic E-state index is 13.8. The molecule has 7 heteroatoms. The second kappa shape index (κ2) is 7.39. The van der Waals surface area contributed by atoms with E-state index < -0.39 is 0 Å². The summed E-state index contributed by atoms with van der Waals surface area (Å²) in [5, 5.41) is 9.10. The van der Waals surface area contributed by atoms with Gasteiger partial charge in [0, 0.05) is 38.3 Å². The number of amides is 1. The topological polar surface area (TPSA) is 52.2 Å². The van der Waals surface area contributed by atoms with Gasteiger partial charge in [-0.05, 0) is 23.6 Å². The number of carbonyl (C=O) groups is 1. The highest BCUT2D eigenvalue weighted by Gasteiger charge is 2.24. The van der Waals surface area contributed by atoms with Crippen molar-refractivity contribution in [2.45, 2.75) is 6.54 Å². The van der Waals surface area contributed by atoms with Crippen molar-refractivity contribution in [2.75, 3.05) is 26.2 Å². The Morgan fingerprint density at radius 1 is 1.15 bits per heavy atom. The lowest BCUT2D eigenvalue weighted by Gasteiger charge is -2.34. The third-order valence-corrected chi connectivity index (χ3v) is 5.50. The number of carbonyl (C=O) groups excluding carboxylic acids is 1. The zero-order chi connectivity index (χ0) is 17.9. The molecule has 1 aliphatic rings. The molecule has 1 N–H and O–H groups in total. The largest absolute Gasteiger partial charge is 0.335 e. The van der Waals surface area contributed by atoms with E-state index in [9.17, 15) is 9.18 Å². The van der Waals surface area contributed by atoms with Crippen LogP contribution >= 0.6 is 11.3 Å². The minimum absolute atomic E-state index is 0.0606. The van der Waals surface area contributed by atoms with Crippen molar-refractivity contribution in [3.05, 3.63) is 64.9 Å².